The Bertz CT molecular complexity index is 562. The molecule has 2 amide bonds. The predicted molar refractivity (Wildman–Crippen MR) is 89.7 cm³/mol. The van der Waals surface area contributed by atoms with Crippen molar-refractivity contribution < 1.29 is 14.0 Å². The number of carbonyl (C=O) groups is 2. The van der Waals surface area contributed by atoms with E-state index in [1.165, 1.54) is 0 Å². The molecule has 2 rings (SSSR count). The summed E-state index contributed by atoms with van der Waals surface area (Å²) in [5, 5.41) is 2.96. The van der Waals surface area contributed by atoms with Crippen LogP contribution >= 0.6 is 0 Å². The van der Waals surface area contributed by atoms with Crippen LogP contribution in [-0.4, -0.2) is 36.3 Å². The number of amides is 2. The molecule has 5 nitrogen and oxygen atoms in total. The Morgan fingerprint density at radius 3 is 2.96 bits per heavy atom. The number of furan rings is 1. The molecule has 1 aromatic rings. The molecule has 0 aliphatic carbocycles. The Balaban J connectivity index is 1.81. The lowest BCUT2D eigenvalue weighted by atomic mass is 9.98. The fraction of sp³-hybridized carbons (Fsp3) is 0.556. The van der Waals surface area contributed by atoms with Gasteiger partial charge in [0.15, 0.2) is 0 Å². The normalized spacial score (nSPS) is 18.3. The molecule has 0 saturated carbocycles. The summed E-state index contributed by atoms with van der Waals surface area (Å²) >= 11 is 0. The number of likely N-dealkylation sites (tertiary alicyclic amines) is 1. The summed E-state index contributed by atoms with van der Waals surface area (Å²) < 4.78 is 5.43. The van der Waals surface area contributed by atoms with E-state index in [9.17, 15) is 9.59 Å². The van der Waals surface area contributed by atoms with E-state index in [1.807, 2.05) is 30.9 Å². The van der Waals surface area contributed by atoms with E-state index < -0.39 is 0 Å². The van der Waals surface area contributed by atoms with E-state index in [0.717, 1.165) is 31.6 Å². The number of carbonyl (C=O) groups excluding carboxylic acids is 2. The molecule has 5 heteroatoms. The number of nitrogens with one attached hydrogen (secondary N) is 1. The number of aryl methyl sites for hydroxylation is 1. The first-order valence-electron chi connectivity index (χ1n) is 8.38. The molecular weight excluding hydrogens is 292 g/mol. The fourth-order valence-corrected chi connectivity index (χ4v) is 2.81. The second-order valence-electron chi connectivity index (χ2n) is 6.13. The van der Waals surface area contributed by atoms with Gasteiger partial charge in [0.25, 0.3) is 0 Å². The van der Waals surface area contributed by atoms with Gasteiger partial charge in [0.1, 0.15) is 11.5 Å². The molecule has 1 aliphatic heterocycles. The first kappa shape index (κ1) is 17.3. The molecule has 2 heterocycles. The molecule has 1 N–H and O–H groups in total. The minimum Gasteiger partial charge on any atom is -0.462 e. The second-order valence-corrected chi connectivity index (χ2v) is 6.13. The van der Waals surface area contributed by atoms with Crippen LogP contribution in [0.4, 0.5) is 0 Å². The zero-order valence-corrected chi connectivity index (χ0v) is 14.0. The lowest BCUT2D eigenvalue weighted by Crippen LogP contribution is -2.43. The zero-order valence-electron chi connectivity index (χ0n) is 14.0. The summed E-state index contributed by atoms with van der Waals surface area (Å²) in [6.45, 7) is 6.00. The molecule has 0 aromatic carbocycles. The van der Waals surface area contributed by atoms with Gasteiger partial charge in [-0.15, -0.1) is 0 Å². The largest absolute Gasteiger partial charge is 0.462 e. The minimum atomic E-state index is 0.00337. The van der Waals surface area contributed by atoms with E-state index in [2.05, 4.69) is 5.32 Å². The van der Waals surface area contributed by atoms with Crippen molar-refractivity contribution in [3.8, 4) is 0 Å². The van der Waals surface area contributed by atoms with Gasteiger partial charge in [-0.25, -0.2) is 0 Å². The monoisotopic (exact) mass is 318 g/mol. The summed E-state index contributed by atoms with van der Waals surface area (Å²) in [4.78, 5) is 25.7. The van der Waals surface area contributed by atoms with Crippen molar-refractivity contribution in [2.75, 3.05) is 19.6 Å². The van der Waals surface area contributed by atoms with Crippen molar-refractivity contribution in [2.24, 2.45) is 5.92 Å². The van der Waals surface area contributed by atoms with Crippen molar-refractivity contribution in [1.82, 2.24) is 10.2 Å². The van der Waals surface area contributed by atoms with E-state index in [1.54, 1.807) is 12.2 Å². The van der Waals surface area contributed by atoms with Gasteiger partial charge >= 0.3 is 0 Å². The summed E-state index contributed by atoms with van der Waals surface area (Å²) in [5.41, 5.74) is 0. The summed E-state index contributed by atoms with van der Waals surface area (Å²) in [5.74, 6) is 1.97. The van der Waals surface area contributed by atoms with Crippen LogP contribution in [0.15, 0.2) is 22.6 Å². The smallest absolute Gasteiger partial charge is 0.246 e. The molecule has 23 heavy (non-hydrogen) atoms. The van der Waals surface area contributed by atoms with Crippen LogP contribution in [0.1, 0.15) is 44.1 Å². The van der Waals surface area contributed by atoms with Crippen molar-refractivity contribution in [3.63, 3.8) is 0 Å². The summed E-state index contributed by atoms with van der Waals surface area (Å²) in [6, 6.07) is 3.72. The van der Waals surface area contributed by atoms with Crippen molar-refractivity contribution in [1.29, 1.82) is 0 Å². The highest BCUT2D eigenvalue weighted by molar-refractivity contribution is 5.91. The molecule has 0 radical (unpaired) electrons. The highest BCUT2D eigenvalue weighted by Crippen LogP contribution is 2.17. The molecule has 1 atom stereocenters. The molecule has 126 valence electrons. The first-order valence-corrected chi connectivity index (χ1v) is 8.38. The third kappa shape index (κ3) is 5.58. The Hall–Kier alpha value is -2.04. The third-order valence-corrected chi connectivity index (χ3v) is 4.05. The molecule has 1 saturated heterocycles. The van der Waals surface area contributed by atoms with E-state index in [-0.39, 0.29) is 11.8 Å². The Kier molecular flexibility index (Phi) is 6.44. The standard InChI is InChI=1S/C18H26N2O3/c1-3-5-17(21)19-12-15-6-4-11-20(13-15)18(22)10-9-16-8-7-14(2)23-16/h7-10,15H,3-6,11-13H2,1-2H3,(H,19,21)/b10-9+/t15-/m0/s1. The van der Waals surface area contributed by atoms with Crippen LogP contribution < -0.4 is 5.32 Å². The van der Waals surface area contributed by atoms with Gasteiger partial charge in [0.2, 0.25) is 11.8 Å². The lowest BCUT2D eigenvalue weighted by molar-refractivity contribution is -0.127. The van der Waals surface area contributed by atoms with Crippen molar-refractivity contribution >= 4 is 17.9 Å². The number of hydrogen-bond donors (Lipinski definition) is 1. The van der Waals surface area contributed by atoms with Gasteiger partial charge in [-0.3, -0.25) is 9.59 Å². The van der Waals surface area contributed by atoms with Gasteiger partial charge in [-0.05, 0) is 50.3 Å². The van der Waals surface area contributed by atoms with Crippen LogP contribution in [0.5, 0.6) is 0 Å². The van der Waals surface area contributed by atoms with Gasteiger partial charge in [-0.1, -0.05) is 6.92 Å². The second kappa shape index (κ2) is 8.56. The van der Waals surface area contributed by atoms with E-state index in [0.29, 0.717) is 31.2 Å². The van der Waals surface area contributed by atoms with Crippen LogP contribution in [0.25, 0.3) is 6.08 Å². The van der Waals surface area contributed by atoms with Crippen LogP contribution in [-0.2, 0) is 9.59 Å². The van der Waals surface area contributed by atoms with Crippen molar-refractivity contribution in [3.05, 3.63) is 29.7 Å². The highest BCUT2D eigenvalue weighted by atomic mass is 16.3. The Morgan fingerprint density at radius 2 is 2.26 bits per heavy atom. The molecule has 1 aromatic heterocycles. The maximum absolute atomic E-state index is 12.3. The van der Waals surface area contributed by atoms with E-state index >= 15 is 0 Å². The molecular formula is C18H26N2O3. The van der Waals surface area contributed by atoms with Gasteiger partial charge in [0, 0.05) is 32.1 Å². The maximum Gasteiger partial charge on any atom is 0.246 e. The molecule has 1 aliphatic rings. The zero-order chi connectivity index (χ0) is 16.7. The maximum atomic E-state index is 12.3. The number of hydrogen-bond acceptors (Lipinski definition) is 3. The third-order valence-electron chi connectivity index (χ3n) is 4.05. The minimum absolute atomic E-state index is 0.00337. The van der Waals surface area contributed by atoms with Gasteiger partial charge in [0.05, 0.1) is 0 Å². The number of piperidine rings is 1. The number of rotatable bonds is 6. The van der Waals surface area contributed by atoms with Crippen LogP contribution in [0, 0.1) is 12.8 Å². The average Bonchev–Trinajstić information content (AvgIpc) is 2.97. The molecule has 1 fully saturated rings. The van der Waals surface area contributed by atoms with Gasteiger partial charge in [-0.2, -0.15) is 0 Å². The molecule has 0 bridgehead atoms. The average molecular weight is 318 g/mol. The van der Waals surface area contributed by atoms with Crippen LogP contribution in [0.2, 0.25) is 0 Å². The predicted octanol–water partition coefficient (Wildman–Crippen LogP) is 2.76. The first-order chi connectivity index (χ1) is 11.1. The van der Waals surface area contributed by atoms with Crippen molar-refractivity contribution in [2.45, 2.75) is 39.5 Å². The van der Waals surface area contributed by atoms with Gasteiger partial charge < -0.3 is 14.6 Å². The summed E-state index contributed by atoms with van der Waals surface area (Å²) in [7, 11) is 0. The molecule has 0 unspecified atom stereocenters. The lowest BCUT2D eigenvalue weighted by Gasteiger charge is -2.32. The van der Waals surface area contributed by atoms with E-state index in [4.69, 9.17) is 4.42 Å². The number of nitrogens with zero attached hydrogens (tertiary/aromatic N) is 1. The van der Waals surface area contributed by atoms with Crippen LogP contribution in [0.3, 0.4) is 0 Å². The highest BCUT2D eigenvalue weighted by Gasteiger charge is 2.22. The Labute approximate surface area is 137 Å². The quantitative estimate of drug-likeness (QED) is 0.820. The SMILES string of the molecule is CCCC(=O)NC[C@@H]1CCCN(C(=O)/C=C/c2ccc(C)o2)C1. The fourth-order valence-electron chi connectivity index (χ4n) is 2.81. The molecule has 0 spiro atoms. The summed E-state index contributed by atoms with van der Waals surface area (Å²) in [6.07, 6.45) is 6.74. The topological polar surface area (TPSA) is 62.6 Å². The Morgan fingerprint density at radius 1 is 1.43 bits per heavy atom.